The maximum absolute atomic E-state index is 13.5. The summed E-state index contributed by atoms with van der Waals surface area (Å²) < 4.78 is 163. The average molecular weight is 465 g/mol. The zero-order valence-electron chi connectivity index (χ0n) is 10.2. The molecule has 0 spiro atoms. The topological polar surface area (TPSA) is 34.1 Å². The lowest BCUT2D eigenvalue weighted by Crippen LogP contribution is -2.67. The highest BCUT2D eigenvalue weighted by atomic mass is 35.7. The Kier molecular flexibility index (Phi) is 6.06. The van der Waals surface area contributed by atoms with E-state index in [0.29, 0.717) is 0 Å². The molecule has 0 aliphatic carbocycles. The molecule has 0 N–H and O–H groups in total. The molecule has 0 bridgehead atoms. The van der Waals surface area contributed by atoms with Crippen molar-refractivity contribution in [1.29, 1.82) is 0 Å². The first-order valence-corrected chi connectivity index (χ1v) is 7.92. The van der Waals surface area contributed by atoms with Gasteiger partial charge in [-0.3, -0.25) is 0 Å². The van der Waals surface area contributed by atoms with E-state index in [2.05, 4.69) is 33.9 Å². The molecule has 0 aromatic carbocycles. The van der Waals surface area contributed by atoms with Gasteiger partial charge in [0.05, 0.1) is 6.42 Å². The summed E-state index contributed by atoms with van der Waals surface area (Å²) in [4.78, 5) is 0. The zero-order chi connectivity index (χ0) is 20.2. The van der Waals surface area contributed by atoms with Crippen LogP contribution in [0.4, 0.5) is 48.3 Å². The van der Waals surface area contributed by atoms with E-state index in [0.717, 1.165) is 0 Å². The number of alkyl halides is 13. The minimum atomic E-state index is -7.37. The van der Waals surface area contributed by atoms with Gasteiger partial charge in [0.25, 0.3) is 14.2 Å². The van der Waals surface area contributed by atoms with Crippen molar-refractivity contribution in [3.8, 4) is 0 Å². The maximum atomic E-state index is 13.5. The van der Waals surface area contributed by atoms with Gasteiger partial charge in [0, 0.05) is 10.7 Å². The fourth-order valence-electron chi connectivity index (χ4n) is 1.19. The molecule has 0 amide bonds. The Bertz CT molecular complexity index is 581. The lowest BCUT2D eigenvalue weighted by molar-refractivity contribution is -0.328. The Morgan fingerprint density at radius 3 is 1.29 bits per heavy atom. The molecule has 146 valence electrons. The molecule has 0 fully saturated rings. The van der Waals surface area contributed by atoms with E-state index in [1.807, 2.05) is 0 Å². The van der Waals surface area contributed by atoms with E-state index in [1.54, 1.807) is 0 Å². The van der Waals surface area contributed by atoms with Gasteiger partial charge in [-0.1, -0.05) is 11.6 Å². The van der Waals surface area contributed by atoms with Crippen LogP contribution in [-0.2, 0) is 9.05 Å². The summed E-state index contributed by atoms with van der Waals surface area (Å²) in [5.74, 6) is -14.1. The number of rotatable bonds is 6. The normalized spacial score (nSPS) is 20.4. The number of hydrogen-bond donors (Lipinski definition) is 0. The van der Waals surface area contributed by atoms with Gasteiger partial charge >= 0.3 is 28.4 Å². The largest absolute Gasteiger partial charge is 0.445 e. The molecule has 2 atom stereocenters. The maximum Gasteiger partial charge on any atom is 0.445 e. The molecular formula is C7H2Cl3F11O2S. The van der Waals surface area contributed by atoms with Crippen molar-refractivity contribution in [2.45, 2.75) is 40.0 Å². The van der Waals surface area contributed by atoms with Crippen LogP contribution in [0.5, 0.6) is 0 Å². The summed E-state index contributed by atoms with van der Waals surface area (Å²) in [6.07, 6.45) is -11.0. The molecular weight excluding hydrogens is 463 g/mol. The van der Waals surface area contributed by atoms with E-state index >= 15 is 0 Å². The van der Waals surface area contributed by atoms with Crippen LogP contribution in [0.15, 0.2) is 0 Å². The van der Waals surface area contributed by atoms with E-state index in [-0.39, 0.29) is 0 Å². The molecule has 0 aromatic rings. The lowest BCUT2D eigenvalue weighted by atomic mass is 9.99. The smallest absolute Gasteiger partial charge is 0.218 e. The van der Waals surface area contributed by atoms with Crippen LogP contribution < -0.4 is 0 Å². The molecule has 0 aliphatic heterocycles. The fourth-order valence-corrected chi connectivity index (χ4v) is 2.71. The van der Waals surface area contributed by atoms with E-state index < -0.39 is 49.0 Å². The summed E-state index contributed by atoms with van der Waals surface area (Å²) in [6, 6.07) is 0. The van der Waals surface area contributed by atoms with Gasteiger partial charge in [-0.15, -0.1) is 0 Å². The average Bonchev–Trinajstić information content (AvgIpc) is 2.20. The monoisotopic (exact) mass is 464 g/mol. The Balaban J connectivity index is 6.38. The Morgan fingerprint density at radius 2 is 1.08 bits per heavy atom. The van der Waals surface area contributed by atoms with Gasteiger partial charge < -0.3 is 0 Å². The second-order valence-corrected chi connectivity index (χ2v) is 7.92. The highest BCUT2D eigenvalue weighted by Gasteiger charge is 2.86. The molecule has 2 nitrogen and oxygen atoms in total. The highest BCUT2D eigenvalue weighted by molar-refractivity contribution is 8.14. The molecule has 0 aromatic heterocycles. The van der Waals surface area contributed by atoms with Crippen LogP contribution in [-0.4, -0.2) is 41.9 Å². The van der Waals surface area contributed by atoms with E-state index in [4.69, 9.17) is 0 Å². The van der Waals surface area contributed by atoms with Crippen LogP contribution in [0.3, 0.4) is 0 Å². The van der Waals surface area contributed by atoms with Gasteiger partial charge in [-0.2, -0.15) is 39.5 Å². The molecule has 0 radical (unpaired) electrons. The van der Waals surface area contributed by atoms with Crippen molar-refractivity contribution >= 4 is 42.9 Å². The molecule has 0 saturated heterocycles. The van der Waals surface area contributed by atoms with E-state index in [9.17, 15) is 56.7 Å². The Hall–Kier alpha value is 0.0500. The quantitative estimate of drug-likeness (QED) is 0.308. The van der Waals surface area contributed by atoms with Crippen molar-refractivity contribution in [1.82, 2.24) is 0 Å². The predicted molar refractivity (Wildman–Crippen MR) is 59.7 cm³/mol. The molecule has 0 aliphatic rings. The van der Waals surface area contributed by atoms with Crippen molar-refractivity contribution in [2.75, 3.05) is 0 Å². The summed E-state index contributed by atoms with van der Waals surface area (Å²) in [5, 5.41) is -18.0. The minimum absolute atomic E-state index is 3.70. The fraction of sp³-hybridized carbons (Fsp3) is 1.00. The zero-order valence-corrected chi connectivity index (χ0v) is 13.3. The van der Waals surface area contributed by atoms with Crippen molar-refractivity contribution in [3.63, 3.8) is 0 Å². The minimum Gasteiger partial charge on any atom is -0.218 e. The summed E-state index contributed by atoms with van der Waals surface area (Å²) >= 11 is 8.03. The van der Waals surface area contributed by atoms with E-state index in [1.165, 1.54) is 0 Å². The van der Waals surface area contributed by atoms with Crippen molar-refractivity contribution in [2.24, 2.45) is 0 Å². The highest BCUT2D eigenvalue weighted by Crippen LogP contribution is 2.59. The Labute approximate surface area is 140 Å². The van der Waals surface area contributed by atoms with Crippen molar-refractivity contribution < 1.29 is 56.7 Å². The second kappa shape index (κ2) is 6.05. The molecule has 24 heavy (non-hydrogen) atoms. The third-order valence-corrected chi connectivity index (χ3v) is 4.99. The van der Waals surface area contributed by atoms with Crippen LogP contribution in [0, 0.1) is 0 Å². The van der Waals surface area contributed by atoms with Gasteiger partial charge in [-0.25, -0.2) is 17.2 Å². The predicted octanol–water partition coefficient (Wildman–Crippen LogP) is 5.18. The number of hydrogen-bond acceptors (Lipinski definition) is 2. The molecule has 0 heterocycles. The van der Waals surface area contributed by atoms with Crippen LogP contribution in [0.2, 0.25) is 0 Å². The van der Waals surface area contributed by atoms with Crippen LogP contribution in [0.1, 0.15) is 6.42 Å². The standard InChI is InChI=1S/C7H2Cl3F11O2S/c8-2(11,6(9,17)18)1-3(12,13)4(14,15)5(16,7(19,20)21)24(10,22)23/h1H2. The SMILES string of the molecule is O=S(=O)(Cl)C(F)(C(F)(F)F)C(F)(F)C(F)(F)CC(F)(Cl)C(F)(F)Cl. The first-order chi connectivity index (χ1) is 9.96. The molecule has 17 heteroatoms. The summed E-state index contributed by atoms with van der Waals surface area (Å²) in [7, 11) is -3.35. The Morgan fingerprint density at radius 1 is 0.750 bits per heavy atom. The third kappa shape index (κ3) is 3.75. The summed E-state index contributed by atoms with van der Waals surface area (Å²) in [6.45, 7) is 0. The first kappa shape index (κ1) is 24.1. The van der Waals surface area contributed by atoms with Crippen molar-refractivity contribution in [3.05, 3.63) is 0 Å². The third-order valence-electron chi connectivity index (χ3n) is 2.42. The second-order valence-electron chi connectivity index (χ2n) is 4.19. The van der Waals surface area contributed by atoms with Gasteiger partial charge in [0.15, 0.2) is 0 Å². The van der Waals surface area contributed by atoms with Gasteiger partial charge in [0.2, 0.25) is 0 Å². The molecule has 0 saturated carbocycles. The van der Waals surface area contributed by atoms with Gasteiger partial charge in [-0.05, 0) is 11.6 Å². The van der Waals surface area contributed by atoms with Crippen LogP contribution in [0.25, 0.3) is 0 Å². The molecule has 0 rings (SSSR count). The lowest BCUT2D eigenvalue weighted by Gasteiger charge is -2.38. The molecule has 2 unspecified atom stereocenters. The van der Waals surface area contributed by atoms with Crippen LogP contribution >= 0.6 is 33.9 Å². The summed E-state index contributed by atoms with van der Waals surface area (Å²) in [5.41, 5.74) is 0. The first-order valence-electron chi connectivity index (χ1n) is 4.86. The van der Waals surface area contributed by atoms with Gasteiger partial charge in [0.1, 0.15) is 0 Å². The number of halogens is 14.